The van der Waals surface area contributed by atoms with Crippen LogP contribution in [0.5, 0.6) is 5.75 Å². The van der Waals surface area contributed by atoms with Gasteiger partial charge in [-0.3, -0.25) is 0 Å². The molecule has 0 saturated carbocycles. The number of nitrogens with zero attached hydrogens (tertiary/aromatic N) is 2. The summed E-state index contributed by atoms with van der Waals surface area (Å²) >= 11 is 11.7. The maximum absolute atomic E-state index is 8.83. The summed E-state index contributed by atoms with van der Waals surface area (Å²) in [5.41, 5.74) is 0.184. The minimum absolute atomic E-state index is 0.0672. The van der Waals surface area contributed by atoms with Crippen molar-refractivity contribution in [3.63, 3.8) is 0 Å². The number of nitriles is 1. The van der Waals surface area contributed by atoms with Crippen LogP contribution in [0.25, 0.3) is 0 Å². The summed E-state index contributed by atoms with van der Waals surface area (Å²) < 4.78 is 10.8. The van der Waals surface area contributed by atoms with Crippen molar-refractivity contribution in [2.24, 2.45) is 0 Å². The standard InChI is InChI=1S/C12H9Cl2N3O2/c1-16-12-9(5-15)17-11(19-12)6-18-10-3-2-7(13)4-8(10)14/h2-4,16H,6H2,1H3. The number of anilines is 1. The van der Waals surface area contributed by atoms with Crippen LogP contribution in [0.4, 0.5) is 5.88 Å². The summed E-state index contributed by atoms with van der Waals surface area (Å²) in [5, 5.41) is 12.5. The summed E-state index contributed by atoms with van der Waals surface area (Å²) in [6, 6.07) is 6.81. The van der Waals surface area contributed by atoms with Crippen LogP contribution in [-0.2, 0) is 6.61 Å². The molecule has 2 aromatic rings. The van der Waals surface area contributed by atoms with E-state index in [1.807, 2.05) is 6.07 Å². The third-order valence-corrected chi connectivity index (χ3v) is 2.78. The lowest BCUT2D eigenvalue weighted by Crippen LogP contribution is -1.96. The molecule has 98 valence electrons. The molecule has 19 heavy (non-hydrogen) atoms. The van der Waals surface area contributed by atoms with Crippen molar-refractivity contribution < 1.29 is 9.15 Å². The van der Waals surface area contributed by atoms with E-state index in [0.29, 0.717) is 21.7 Å². The molecule has 0 spiro atoms. The van der Waals surface area contributed by atoms with Gasteiger partial charge in [0.25, 0.3) is 0 Å². The molecule has 0 unspecified atom stereocenters. The normalized spacial score (nSPS) is 10.0. The minimum Gasteiger partial charge on any atom is -0.482 e. The maximum atomic E-state index is 8.83. The topological polar surface area (TPSA) is 71.1 Å². The molecule has 1 aromatic heterocycles. The van der Waals surface area contributed by atoms with Gasteiger partial charge in [-0.2, -0.15) is 10.2 Å². The van der Waals surface area contributed by atoms with Crippen molar-refractivity contribution >= 4 is 29.1 Å². The number of hydrogen-bond donors (Lipinski definition) is 1. The highest BCUT2D eigenvalue weighted by Crippen LogP contribution is 2.28. The second-order valence-electron chi connectivity index (χ2n) is 3.51. The number of nitrogens with one attached hydrogen (secondary N) is 1. The Morgan fingerprint density at radius 2 is 2.26 bits per heavy atom. The van der Waals surface area contributed by atoms with Gasteiger partial charge in [-0.05, 0) is 18.2 Å². The van der Waals surface area contributed by atoms with Gasteiger partial charge in [-0.1, -0.05) is 23.2 Å². The quantitative estimate of drug-likeness (QED) is 0.935. The third kappa shape index (κ3) is 3.11. The molecule has 5 nitrogen and oxygen atoms in total. The largest absolute Gasteiger partial charge is 0.482 e. The van der Waals surface area contributed by atoms with Crippen LogP contribution >= 0.6 is 23.2 Å². The SMILES string of the molecule is CNc1oc(COc2ccc(Cl)cc2Cl)nc1C#N. The van der Waals surface area contributed by atoms with Gasteiger partial charge in [0.15, 0.2) is 6.61 Å². The maximum Gasteiger partial charge on any atom is 0.236 e. The molecule has 0 atom stereocenters. The van der Waals surface area contributed by atoms with Crippen molar-refractivity contribution in [3.05, 3.63) is 39.8 Å². The van der Waals surface area contributed by atoms with Crippen LogP contribution in [0.2, 0.25) is 10.0 Å². The Bertz CT molecular complexity index is 634. The van der Waals surface area contributed by atoms with Crippen molar-refractivity contribution in [2.45, 2.75) is 6.61 Å². The molecule has 7 heteroatoms. The number of benzene rings is 1. The van der Waals surface area contributed by atoms with E-state index in [2.05, 4.69) is 10.3 Å². The van der Waals surface area contributed by atoms with Gasteiger partial charge in [0.05, 0.1) is 5.02 Å². The number of hydrogen-bond acceptors (Lipinski definition) is 5. The zero-order valence-corrected chi connectivity index (χ0v) is 11.4. The van der Waals surface area contributed by atoms with Gasteiger partial charge in [-0.15, -0.1) is 0 Å². The van der Waals surface area contributed by atoms with Crippen LogP contribution in [-0.4, -0.2) is 12.0 Å². The second-order valence-corrected chi connectivity index (χ2v) is 4.35. The number of rotatable bonds is 4. The smallest absolute Gasteiger partial charge is 0.236 e. The monoisotopic (exact) mass is 297 g/mol. The molecule has 0 aliphatic rings. The Hall–Kier alpha value is -1.90. The molecule has 1 aromatic carbocycles. The fraction of sp³-hybridized carbons (Fsp3) is 0.167. The van der Waals surface area contributed by atoms with Gasteiger partial charge in [0.2, 0.25) is 17.5 Å². The summed E-state index contributed by atoms with van der Waals surface area (Å²) in [4.78, 5) is 3.98. The Labute approximate surface area is 119 Å². The van der Waals surface area contributed by atoms with Crippen LogP contribution < -0.4 is 10.1 Å². The second kappa shape index (κ2) is 5.83. The summed E-state index contributed by atoms with van der Waals surface area (Å²) in [5.74, 6) is 1.06. The first-order valence-corrected chi connectivity index (χ1v) is 6.05. The van der Waals surface area contributed by atoms with Crippen molar-refractivity contribution in [1.82, 2.24) is 4.98 Å². The average molecular weight is 298 g/mol. The van der Waals surface area contributed by atoms with Gasteiger partial charge >= 0.3 is 0 Å². The molecule has 0 aliphatic heterocycles. The van der Waals surface area contributed by atoms with Gasteiger partial charge < -0.3 is 14.5 Å². The lowest BCUT2D eigenvalue weighted by atomic mass is 10.3. The van der Waals surface area contributed by atoms with Crippen molar-refractivity contribution in [3.8, 4) is 11.8 Å². The highest BCUT2D eigenvalue weighted by molar-refractivity contribution is 6.35. The highest BCUT2D eigenvalue weighted by atomic mass is 35.5. The van der Waals surface area contributed by atoms with Crippen LogP contribution in [0.3, 0.4) is 0 Å². The molecule has 0 amide bonds. The summed E-state index contributed by atoms with van der Waals surface area (Å²) in [6.07, 6.45) is 0. The molecule has 1 heterocycles. The van der Waals surface area contributed by atoms with Crippen LogP contribution in [0.15, 0.2) is 22.6 Å². The average Bonchev–Trinajstić information content (AvgIpc) is 2.80. The minimum atomic E-state index is 0.0672. The summed E-state index contributed by atoms with van der Waals surface area (Å²) in [7, 11) is 1.64. The molecular formula is C12H9Cl2N3O2. The van der Waals surface area contributed by atoms with E-state index in [4.69, 9.17) is 37.6 Å². The Balaban J connectivity index is 2.10. The molecule has 0 fully saturated rings. The van der Waals surface area contributed by atoms with E-state index in [1.165, 1.54) is 0 Å². The zero-order valence-electron chi connectivity index (χ0n) is 9.91. The van der Waals surface area contributed by atoms with Crippen LogP contribution in [0.1, 0.15) is 11.6 Å². The molecule has 0 aliphatic carbocycles. The molecule has 1 N–H and O–H groups in total. The Kier molecular flexibility index (Phi) is 4.15. The number of oxazole rings is 1. The third-order valence-electron chi connectivity index (χ3n) is 2.25. The van der Waals surface area contributed by atoms with Crippen LogP contribution in [0, 0.1) is 11.3 Å². The van der Waals surface area contributed by atoms with Gasteiger partial charge in [-0.25, -0.2) is 0 Å². The van der Waals surface area contributed by atoms with E-state index in [-0.39, 0.29) is 18.2 Å². The predicted octanol–water partition coefficient (Wildman–Crippen LogP) is 3.47. The van der Waals surface area contributed by atoms with E-state index < -0.39 is 0 Å². The summed E-state index contributed by atoms with van der Waals surface area (Å²) in [6.45, 7) is 0.0672. The first-order valence-electron chi connectivity index (χ1n) is 5.29. The molecular weight excluding hydrogens is 289 g/mol. The predicted molar refractivity (Wildman–Crippen MR) is 71.6 cm³/mol. The van der Waals surface area contributed by atoms with E-state index in [0.717, 1.165) is 0 Å². The fourth-order valence-electron chi connectivity index (χ4n) is 1.40. The van der Waals surface area contributed by atoms with Gasteiger partial charge in [0, 0.05) is 12.1 Å². The fourth-order valence-corrected chi connectivity index (χ4v) is 1.87. The number of ether oxygens (including phenoxy) is 1. The van der Waals surface area contributed by atoms with Crippen molar-refractivity contribution in [2.75, 3.05) is 12.4 Å². The number of aromatic nitrogens is 1. The van der Waals surface area contributed by atoms with Gasteiger partial charge in [0.1, 0.15) is 11.8 Å². The Morgan fingerprint density at radius 1 is 1.47 bits per heavy atom. The highest BCUT2D eigenvalue weighted by Gasteiger charge is 2.12. The Morgan fingerprint density at radius 3 is 2.84 bits per heavy atom. The lowest BCUT2D eigenvalue weighted by molar-refractivity contribution is 0.265. The first kappa shape index (κ1) is 13.5. The molecule has 0 bridgehead atoms. The molecule has 0 saturated heterocycles. The zero-order chi connectivity index (χ0) is 13.8. The van der Waals surface area contributed by atoms with E-state index in [9.17, 15) is 0 Å². The van der Waals surface area contributed by atoms with E-state index in [1.54, 1.807) is 25.2 Å². The lowest BCUT2D eigenvalue weighted by Gasteiger charge is -2.05. The molecule has 0 radical (unpaired) electrons. The van der Waals surface area contributed by atoms with E-state index >= 15 is 0 Å². The first-order chi connectivity index (χ1) is 9.13. The molecule has 2 rings (SSSR count). The van der Waals surface area contributed by atoms with Crippen molar-refractivity contribution in [1.29, 1.82) is 5.26 Å². The number of halogens is 2.